The molecule has 5 heteroatoms. The number of rotatable bonds is 7. The van der Waals surface area contributed by atoms with Gasteiger partial charge in [-0.2, -0.15) is 0 Å². The molecular weight excluding hydrogens is 268 g/mol. The molecule has 0 saturated heterocycles. The predicted molar refractivity (Wildman–Crippen MR) is 84.7 cm³/mol. The molecule has 2 amide bonds. The molecule has 0 aliphatic rings. The Bertz CT molecular complexity index is 430. The summed E-state index contributed by atoms with van der Waals surface area (Å²) >= 11 is 0. The average Bonchev–Trinajstić information content (AvgIpc) is 2.40. The van der Waals surface area contributed by atoms with Crippen LogP contribution in [0.1, 0.15) is 34.1 Å². The number of hydrogen-bond acceptors (Lipinski definition) is 3. The second kappa shape index (κ2) is 8.52. The SMILES string of the molecule is CC(C)Oc1ccc(NC(=O)NC(CCO)C(C)C)cc1. The molecule has 1 aromatic rings. The Labute approximate surface area is 126 Å². The molecular formula is C16H26N2O3. The highest BCUT2D eigenvalue weighted by molar-refractivity contribution is 5.89. The summed E-state index contributed by atoms with van der Waals surface area (Å²) in [4.78, 5) is 11.9. The van der Waals surface area contributed by atoms with Gasteiger partial charge in [-0.15, -0.1) is 0 Å². The fourth-order valence-electron chi connectivity index (χ4n) is 1.94. The molecule has 0 heterocycles. The van der Waals surface area contributed by atoms with E-state index in [0.717, 1.165) is 5.75 Å². The van der Waals surface area contributed by atoms with Crippen molar-refractivity contribution in [3.8, 4) is 5.75 Å². The lowest BCUT2D eigenvalue weighted by Gasteiger charge is -2.21. The van der Waals surface area contributed by atoms with Crippen LogP contribution in [0.5, 0.6) is 5.75 Å². The maximum absolute atomic E-state index is 11.9. The van der Waals surface area contributed by atoms with E-state index in [9.17, 15) is 4.79 Å². The van der Waals surface area contributed by atoms with Crippen LogP contribution in [0.25, 0.3) is 0 Å². The van der Waals surface area contributed by atoms with Gasteiger partial charge in [-0.05, 0) is 50.5 Å². The van der Waals surface area contributed by atoms with Crippen LogP contribution in [0.2, 0.25) is 0 Å². The van der Waals surface area contributed by atoms with Crippen LogP contribution in [-0.2, 0) is 0 Å². The third kappa shape index (κ3) is 6.49. The van der Waals surface area contributed by atoms with Crippen LogP contribution in [0.4, 0.5) is 10.5 Å². The second-order valence-corrected chi connectivity index (χ2v) is 5.65. The molecule has 1 unspecified atom stereocenters. The molecule has 0 radical (unpaired) electrons. The van der Waals surface area contributed by atoms with E-state index in [-0.39, 0.29) is 30.7 Å². The molecule has 1 atom stereocenters. The number of urea groups is 1. The van der Waals surface area contributed by atoms with Gasteiger partial charge in [0.25, 0.3) is 0 Å². The molecule has 1 aromatic carbocycles. The van der Waals surface area contributed by atoms with E-state index >= 15 is 0 Å². The van der Waals surface area contributed by atoms with E-state index in [1.165, 1.54) is 0 Å². The second-order valence-electron chi connectivity index (χ2n) is 5.65. The lowest BCUT2D eigenvalue weighted by Crippen LogP contribution is -2.41. The van der Waals surface area contributed by atoms with Crippen molar-refractivity contribution in [2.75, 3.05) is 11.9 Å². The van der Waals surface area contributed by atoms with Crippen molar-refractivity contribution in [2.45, 2.75) is 46.3 Å². The summed E-state index contributed by atoms with van der Waals surface area (Å²) < 4.78 is 5.55. The van der Waals surface area contributed by atoms with Crippen LogP contribution < -0.4 is 15.4 Å². The van der Waals surface area contributed by atoms with E-state index in [0.29, 0.717) is 12.1 Å². The first-order valence-corrected chi connectivity index (χ1v) is 7.37. The van der Waals surface area contributed by atoms with Gasteiger partial charge in [0.05, 0.1) is 6.10 Å². The average molecular weight is 294 g/mol. The Morgan fingerprint density at radius 3 is 2.29 bits per heavy atom. The molecule has 3 N–H and O–H groups in total. The number of aliphatic hydroxyl groups excluding tert-OH is 1. The lowest BCUT2D eigenvalue weighted by atomic mass is 10.0. The number of carbonyl (C=O) groups excluding carboxylic acids is 1. The summed E-state index contributed by atoms with van der Waals surface area (Å²) in [5.41, 5.74) is 0.704. The molecule has 0 aliphatic heterocycles. The topological polar surface area (TPSA) is 70.6 Å². The molecule has 0 bridgehead atoms. The molecule has 1 rings (SSSR count). The van der Waals surface area contributed by atoms with Gasteiger partial charge in [0.1, 0.15) is 5.75 Å². The van der Waals surface area contributed by atoms with Gasteiger partial charge in [-0.1, -0.05) is 13.8 Å². The van der Waals surface area contributed by atoms with E-state index in [4.69, 9.17) is 9.84 Å². The van der Waals surface area contributed by atoms with Gasteiger partial charge < -0.3 is 20.5 Å². The predicted octanol–water partition coefficient (Wildman–Crippen LogP) is 3.00. The Balaban J connectivity index is 2.54. The third-order valence-corrected chi connectivity index (χ3v) is 3.05. The van der Waals surface area contributed by atoms with E-state index < -0.39 is 0 Å². The van der Waals surface area contributed by atoms with Gasteiger partial charge in [0, 0.05) is 18.3 Å². The Morgan fingerprint density at radius 1 is 1.19 bits per heavy atom. The van der Waals surface area contributed by atoms with Crippen LogP contribution >= 0.6 is 0 Å². The number of anilines is 1. The highest BCUT2D eigenvalue weighted by Gasteiger charge is 2.15. The summed E-state index contributed by atoms with van der Waals surface area (Å²) in [5.74, 6) is 1.04. The van der Waals surface area contributed by atoms with Crippen molar-refractivity contribution in [1.29, 1.82) is 0 Å². The zero-order valence-corrected chi connectivity index (χ0v) is 13.2. The first kappa shape index (κ1) is 17.3. The normalized spacial score (nSPS) is 12.3. The van der Waals surface area contributed by atoms with Gasteiger partial charge >= 0.3 is 6.03 Å². The van der Waals surface area contributed by atoms with E-state index in [1.54, 1.807) is 12.1 Å². The van der Waals surface area contributed by atoms with Crippen LogP contribution in [0.15, 0.2) is 24.3 Å². The maximum Gasteiger partial charge on any atom is 0.319 e. The fraction of sp³-hybridized carbons (Fsp3) is 0.562. The zero-order valence-electron chi connectivity index (χ0n) is 13.2. The van der Waals surface area contributed by atoms with Crippen molar-refractivity contribution in [1.82, 2.24) is 5.32 Å². The Kier molecular flexibility index (Phi) is 7.02. The summed E-state index contributed by atoms with van der Waals surface area (Å²) in [5, 5.41) is 14.7. The molecule has 118 valence electrons. The van der Waals surface area contributed by atoms with Crippen molar-refractivity contribution >= 4 is 11.7 Å². The lowest BCUT2D eigenvalue weighted by molar-refractivity contribution is 0.227. The Morgan fingerprint density at radius 2 is 1.81 bits per heavy atom. The number of amides is 2. The van der Waals surface area contributed by atoms with Gasteiger partial charge in [-0.25, -0.2) is 4.79 Å². The minimum atomic E-state index is -0.264. The van der Waals surface area contributed by atoms with Gasteiger partial charge in [-0.3, -0.25) is 0 Å². The number of aliphatic hydroxyl groups is 1. The van der Waals surface area contributed by atoms with E-state index in [2.05, 4.69) is 10.6 Å². The molecule has 21 heavy (non-hydrogen) atoms. The molecule has 0 aliphatic carbocycles. The van der Waals surface area contributed by atoms with Crippen molar-refractivity contribution < 1.29 is 14.6 Å². The molecule has 0 aromatic heterocycles. The third-order valence-electron chi connectivity index (χ3n) is 3.05. The summed E-state index contributed by atoms with van der Waals surface area (Å²) in [6.45, 7) is 8.02. The number of nitrogens with one attached hydrogen (secondary N) is 2. The van der Waals surface area contributed by atoms with Crippen LogP contribution in [-0.4, -0.2) is 29.9 Å². The first-order chi connectivity index (χ1) is 9.92. The van der Waals surface area contributed by atoms with Crippen molar-refractivity contribution in [3.05, 3.63) is 24.3 Å². The molecule has 0 saturated carbocycles. The molecule has 5 nitrogen and oxygen atoms in total. The summed E-state index contributed by atoms with van der Waals surface area (Å²) in [7, 11) is 0. The highest BCUT2D eigenvalue weighted by Crippen LogP contribution is 2.17. The quantitative estimate of drug-likeness (QED) is 0.724. The van der Waals surface area contributed by atoms with Crippen molar-refractivity contribution in [2.24, 2.45) is 5.92 Å². The number of benzene rings is 1. The Hall–Kier alpha value is -1.75. The highest BCUT2D eigenvalue weighted by atomic mass is 16.5. The number of carbonyl (C=O) groups is 1. The minimum absolute atomic E-state index is 0.0430. The summed E-state index contributed by atoms with van der Waals surface area (Å²) in [6.07, 6.45) is 0.670. The van der Waals surface area contributed by atoms with Gasteiger partial charge in [0.15, 0.2) is 0 Å². The monoisotopic (exact) mass is 294 g/mol. The molecule has 0 spiro atoms. The maximum atomic E-state index is 11.9. The van der Waals surface area contributed by atoms with E-state index in [1.807, 2.05) is 39.8 Å². The van der Waals surface area contributed by atoms with Crippen LogP contribution in [0.3, 0.4) is 0 Å². The van der Waals surface area contributed by atoms with Crippen molar-refractivity contribution in [3.63, 3.8) is 0 Å². The zero-order chi connectivity index (χ0) is 15.8. The smallest absolute Gasteiger partial charge is 0.319 e. The fourth-order valence-corrected chi connectivity index (χ4v) is 1.94. The molecule has 0 fully saturated rings. The van der Waals surface area contributed by atoms with Gasteiger partial charge in [0.2, 0.25) is 0 Å². The number of hydrogen-bond donors (Lipinski definition) is 3. The number of ether oxygens (including phenoxy) is 1. The summed E-state index contributed by atoms with van der Waals surface area (Å²) in [6, 6.07) is 6.94. The largest absolute Gasteiger partial charge is 0.491 e. The minimum Gasteiger partial charge on any atom is -0.491 e. The first-order valence-electron chi connectivity index (χ1n) is 7.37. The van der Waals surface area contributed by atoms with Crippen LogP contribution in [0, 0.1) is 5.92 Å². The standard InChI is InChI=1S/C16H26N2O3/c1-11(2)15(9-10-19)18-16(20)17-13-5-7-14(8-6-13)21-12(3)4/h5-8,11-12,15,19H,9-10H2,1-4H3,(H2,17,18,20).